The third-order valence-electron chi connectivity index (χ3n) is 4.49. The lowest BCUT2D eigenvalue weighted by Crippen LogP contribution is -2.28. The van der Waals surface area contributed by atoms with Crippen LogP contribution in [0.4, 0.5) is 4.39 Å². The lowest BCUT2D eigenvalue weighted by Gasteiger charge is -2.06. The van der Waals surface area contributed by atoms with Crippen molar-refractivity contribution in [2.75, 3.05) is 6.61 Å². The minimum Gasteiger partial charge on any atom is -0.484 e. The van der Waals surface area contributed by atoms with Crippen LogP contribution in [0, 0.1) is 5.82 Å². The van der Waals surface area contributed by atoms with Gasteiger partial charge in [-0.2, -0.15) is 0 Å². The molecular weight excluding hydrogens is 383 g/mol. The second-order valence-corrected chi connectivity index (χ2v) is 6.65. The molecule has 1 amide bonds. The molecule has 0 radical (unpaired) electrons. The Hall–Kier alpha value is -3.93. The van der Waals surface area contributed by atoms with E-state index in [0.29, 0.717) is 17.2 Å². The minimum absolute atomic E-state index is 0.169. The number of aromatic nitrogens is 1. The maximum absolute atomic E-state index is 12.9. The Morgan fingerprint density at radius 1 is 0.900 bits per heavy atom. The molecule has 0 aliphatic heterocycles. The normalized spacial score (nSPS) is 10.6. The SMILES string of the molecule is O=C(COc1ccc(F)cc1)NCc1cc(-c2ccc(-c3ccccc3)cc2)on1. The minimum atomic E-state index is -0.358. The van der Waals surface area contributed by atoms with Crippen LogP contribution in [0.1, 0.15) is 5.69 Å². The van der Waals surface area contributed by atoms with E-state index < -0.39 is 0 Å². The van der Waals surface area contributed by atoms with E-state index >= 15 is 0 Å². The van der Waals surface area contributed by atoms with Gasteiger partial charge in [0.2, 0.25) is 0 Å². The van der Waals surface area contributed by atoms with Gasteiger partial charge in [0.25, 0.3) is 5.91 Å². The second-order valence-electron chi connectivity index (χ2n) is 6.65. The van der Waals surface area contributed by atoms with Crippen molar-refractivity contribution in [2.45, 2.75) is 6.54 Å². The van der Waals surface area contributed by atoms with E-state index in [1.54, 1.807) is 6.07 Å². The number of hydrogen-bond donors (Lipinski definition) is 1. The molecule has 0 saturated heterocycles. The third kappa shape index (κ3) is 4.91. The molecule has 0 unspecified atom stereocenters. The van der Waals surface area contributed by atoms with Crippen LogP contribution in [0.15, 0.2) is 89.5 Å². The van der Waals surface area contributed by atoms with Crippen molar-refractivity contribution in [3.63, 3.8) is 0 Å². The predicted molar refractivity (Wildman–Crippen MR) is 111 cm³/mol. The predicted octanol–water partition coefficient (Wildman–Crippen LogP) is 4.84. The van der Waals surface area contributed by atoms with Gasteiger partial charge >= 0.3 is 0 Å². The highest BCUT2D eigenvalue weighted by atomic mass is 19.1. The van der Waals surface area contributed by atoms with Crippen molar-refractivity contribution >= 4 is 5.91 Å². The highest BCUT2D eigenvalue weighted by Gasteiger charge is 2.09. The van der Waals surface area contributed by atoms with Crippen LogP contribution in [0.3, 0.4) is 0 Å². The topological polar surface area (TPSA) is 64.4 Å². The molecule has 1 aromatic heterocycles. The summed E-state index contributed by atoms with van der Waals surface area (Å²) >= 11 is 0. The summed E-state index contributed by atoms with van der Waals surface area (Å²) in [6.45, 7) is 0.0501. The Labute approximate surface area is 173 Å². The molecule has 1 heterocycles. The Morgan fingerprint density at radius 2 is 1.57 bits per heavy atom. The summed E-state index contributed by atoms with van der Waals surface area (Å²) in [4.78, 5) is 11.9. The first-order valence-corrected chi connectivity index (χ1v) is 9.44. The zero-order valence-corrected chi connectivity index (χ0v) is 16.0. The van der Waals surface area contributed by atoms with Gasteiger partial charge in [-0.25, -0.2) is 4.39 Å². The summed E-state index contributed by atoms with van der Waals surface area (Å²) in [6.07, 6.45) is 0. The van der Waals surface area contributed by atoms with Gasteiger partial charge in [0.05, 0.1) is 6.54 Å². The van der Waals surface area contributed by atoms with Gasteiger partial charge < -0.3 is 14.6 Å². The van der Waals surface area contributed by atoms with Crippen LogP contribution in [0.25, 0.3) is 22.5 Å². The van der Waals surface area contributed by atoms with Crippen molar-refractivity contribution in [1.82, 2.24) is 10.5 Å². The van der Waals surface area contributed by atoms with Gasteiger partial charge in [-0.15, -0.1) is 0 Å². The number of ether oxygens (including phenoxy) is 1. The Bertz CT molecular complexity index is 1110. The number of nitrogens with zero attached hydrogens (tertiary/aromatic N) is 1. The molecule has 3 aromatic carbocycles. The zero-order valence-electron chi connectivity index (χ0n) is 16.0. The fourth-order valence-corrected chi connectivity index (χ4v) is 2.91. The van der Waals surface area contributed by atoms with Crippen LogP contribution in [-0.2, 0) is 11.3 Å². The second kappa shape index (κ2) is 9.05. The molecule has 0 fully saturated rings. The first-order valence-electron chi connectivity index (χ1n) is 9.44. The summed E-state index contributed by atoms with van der Waals surface area (Å²) in [7, 11) is 0. The van der Waals surface area contributed by atoms with E-state index in [2.05, 4.69) is 22.6 Å². The molecule has 4 aromatic rings. The maximum atomic E-state index is 12.9. The van der Waals surface area contributed by atoms with E-state index in [-0.39, 0.29) is 24.9 Å². The Balaban J connectivity index is 1.30. The lowest BCUT2D eigenvalue weighted by molar-refractivity contribution is -0.123. The van der Waals surface area contributed by atoms with E-state index in [0.717, 1.165) is 16.7 Å². The van der Waals surface area contributed by atoms with Crippen molar-refractivity contribution in [3.05, 3.63) is 96.4 Å². The molecule has 0 aliphatic carbocycles. The smallest absolute Gasteiger partial charge is 0.258 e. The summed E-state index contributed by atoms with van der Waals surface area (Å²) in [5, 5.41) is 6.72. The van der Waals surface area contributed by atoms with Crippen LogP contribution in [0.5, 0.6) is 5.75 Å². The summed E-state index contributed by atoms with van der Waals surface area (Å²) < 4.78 is 23.6. The van der Waals surface area contributed by atoms with Crippen LogP contribution in [-0.4, -0.2) is 17.7 Å². The molecule has 0 aliphatic rings. The number of rotatable bonds is 7. The van der Waals surface area contributed by atoms with Gasteiger partial charge in [0.15, 0.2) is 12.4 Å². The fraction of sp³-hybridized carbons (Fsp3) is 0.0833. The number of benzene rings is 3. The molecule has 6 heteroatoms. The van der Waals surface area contributed by atoms with Gasteiger partial charge in [-0.1, -0.05) is 59.8 Å². The highest BCUT2D eigenvalue weighted by molar-refractivity contribution is 5.77. The summed E-state index contributed by atoms with van der Waals surface area (Å²) in [5.41, 5.74) is 3.77. The number of hydrogen-bond acceptors (Lipinski definition) is 4. The molecule has 4 rings (SSSR count). The summed E-state index contributed by atoms with van der Waals surface area (Å²) in [6, 6.07) is 25.4. The van der Waals surface area contributed by atoms with Gasteiger partial charge in [0.1, 0.15) is 17.3 Å². The molecule has 0 bridgehead atoms. The van der Waals surface area contributed by atoms with Crippen LogP contribution < -0.4 is 10.1 Å². The quantitative estimate of drug-likeness (QED) is 0.480. The van der Waals surface area contributed by atoms with E-state index in [4.69, 9.17) is 9.26 Å². The third-order valence-corrected chi connectivity index (χ3v) is 4.49. The number of nitrogens with one attached hydrogen (secondary N) is 1. The van der Waals surface area contributed by atoms with Gasteiger partial charge in [-0.3, -0.25) is 4.79 Å². The maximum Gasteiger partial charge on any atom is 0.258 e. The number of carbonyl (C=O) groups excluding carboxylic acids is 1. The molecule has 0 spiro atoms. The number of amides is 1. The molecule has 0 saturated carbocycles. The Kier molecular flexibility index (Phi) is 5.85. The van der Waals surface area contributed by atoms with Crippen LogP contribution >= 0.6 is 0 Å². The molecule has 150 valence electrons. The van der Waals surface area contributed by atoms with Gasteiger partial charge in [-0.05, 0) is 35.4 Å². The molecule has 5 nitrogen and oxygen atoms in total. The van der Waals surface area contributed by atoms with Crippen molar-refractivity contribution in [1.29, 1.82) is 0 Å². The molecular formula is C24H19FN2O3. The zero-order chi connectivity index (χ0) is 20.8. The number of carbonyl (C=O) groups is 1. The van der Waals surface area contributed by atoms with Crippen molar-refractivity contribution in [3.8, 4) is 28.2 Å². The molecule has 30 heavy (non-hydrogen) atoms. The monoisotopic (exact) mass is 402 g/mol. The average Bonchev–Trinajstić information content (AvgIpc) is 3.27. The first kappa shape index (κ1) is 19.4. The molecule has 0 atom stereocenters. The van der Waals surface area contributed by atoms with E-state index in [9.17, 15) is 9.18 Å². The fourth-order valence-electron chi connectivity index (χ4n) is 2.91. The van der Waals surface area contributed by atoms with E-state index in [1.807, 2.05) is 42.5 Å². The standard InChI is InChI=1S/C24H19FN2O3/c25-20-10-12-22(13-11-20)29-16-24(28)26-15-21-14-23(30-27-21)19-8-6-18(7-9-19)17-4-2-1-3-5-17/h1-14H,15-16H2,(H,26,28). The largest absolute Gasteiger partial charge is 0.484 e. The number of halogens is 1. The van der Waals surface area contributed by atoms with Crippen molar-refractivity contribution < 1.29 is 18.4 Å². The lowest BCUT2D eigenvalue weighted by atomic mass is 10.0. The molecule has 1 N–H and O–H groups in total. The first-order chi connectivity index (χ1) is 14.7. The van der Waals surface area contributed by atoms with Crippen molar-refractivity contribution in [2.24, 2.45) is 0 Å². The summed E-state index contributed by atoms with van der Waals surface area (Å²) in [5.74, 6) is 0.384. The Morgan fingerprint density at radius 3 is 2.30 bits per heavy atom. The van der Waals surface area contributed by atoms with E-state index in [1.165, 1.54) is 24.3 Å². The van der Waals surface area contributed by atoms with Crippen LogP contribution in [0.2, 0.25) is 0 Å². The van der Waals surface area contributed by atoms with Gasteiger partial charge in [0, 0.05) is 11.6 Å². The highest BCUT2D eigenvalue weighted by Crippen LogP contribution is 2.25. The average molecular weight is 402 g/mol.